The molecule has 0 bridgehead atoms. The highest BCUT2D eigenvalue weighted by Gasteiger charge is 2.28. The number of aromatic nitrogens is 3. The fourth-order valence-electron chi connectivity index (χ4n) is 2.38. The number of fused-ring (bicyclic) bond motifs is 1. The maximum absolute atomic E-state index is 11.3. The smallest absolute Gasteiger partial charge is 0.219 e. The number of carbonyl (C=O) groups is 1. The quantitative estimate of drug-likeness (QED) is 0.834. The van der Waals surface area contributed by atoms with Crippen molar-refractivity contribution >= 4 is 44.6 Å². The van der Waals surface area contributed by atoms with Gasteiger partial charge in [0.05, 0.1) is 5.54 Å². The van der Waals surface area contributed by atoms with Gasteiger partial charge >= 0.3 is 0 Å². The van der Waals surface area contributed by atoms with Crippen LogP contribution >= 0.6 is 27.5 Å². The van der Waals surface area contributed by atoms with E-state index in [0.717, 1.165) is 21.5 Å². The van der Waals surface area contributed by atoms with E-state index in [2.05, 4.69) is 25.9 Å². The Morgan fingerprint density at radius 2 is 2.25 bits per heavy atom. The predicted molar refractivity (Wildman–Crippen MR) is 82.8 cm³/mol. The lowest BCUT2D eigenvalue weighted by molar-refractivity contribution is -0.119. The number of imidazole rings is 1. The summed E-state index contributed by atoms with van der Waals surface area (Å²) in [6.45, 7) is 3.89. The molecule has 0 aliphatic rings. The summed E-state index contributed by atoms with van der Waals surface area (Å²) in [7, 11) is 0. The average Bonchev–Trinajstić information content (AvgIpc) is 2.65. The Labute approximate surface area is 130 Å². The van der Waals surface area contributed by atoms with Gasteiger partial charge in [-0.15, -0.1) is 11.6 Å². The number of nitrogens with zero attached hydrogens (tertiary/aromatic N) is 3. The molecule has 0 spiro atoms. The Balaban J connectivity index is 2.64. The van der Waals surface area contributed by atoms with E-state index in [1.165, 1.54) is 0 Å². The number of rotatable bonds is 5. The molecule has 0 atom stereocenters. The van der Waals surface area contributed by atoms with Crippen LogP contribution in [0.5, 0.6) is 0 Å². The summed E-state index contributed by atoms with van der Waals surface area (Å²) in [5.74, 6) is 0.912. The van der Waals surface area contributed by atoms with Crippen LogP contribution in [-0.4, -0.2) is 26.3 Å². The van der Waals surface area contributed by atoms with Crippen molar-refractivity contribution < 1.29 is 4.79 Å². The number of carbonyl (C=O) groups excluding carboxylic acids is 1. The molecule has 2 N–H and O–H groups in total. The summed E-state index contributed by atoms with van der Waals surface area (Å²) in [4.78, 5) is 20.3. The molecule has 0 unspecified atom stereocenters. The second kappa shape index (κ2) is 5.69. The van der Waals surface area contributed by atoms with Crippen LogP contribution in [-0.2, 0) is 16.8 Å². The average molecular weight is 360 g/mol. The van der Waals surface area contributed by atoms with Crippen LogP contribution in [0.2, 0.25) is 0 Å². The van der Waals surface area contributed by atoms with Gasteiger partial charge in [-0.25, -0.2) is 9.97 Å². The highest BCUT2D eigenvalue weighted by Crippen LogP contribution is 2.28. The van der Waals surface area contributed by atoms with Gasteiger partial charge in [0.25, 0.3) is 0 Å². The summed E-state index contributed by atoms with van der Waals surface area (Å²) in [5, 5.41) is 0. The van der Waals surface area contributed by atoms with Gasteiger partial charge < -0.3 is 10.3 Å². The Morgan fingerprint density at radius 3 is 2.85 bits per heavy atom. The molecule has 1 amide bonds. The Bertz CT molecular complexity index is 653. The molecule has 0 fully saturated rings. The Kier molecular flexibility index (Phi) is 4.34. The number of aryl methyl sites for hydroxylation is 1. The molecule has 0 aliphatic heterocycles. The van der Waals surface area contributed by atoms with Gasteiger partial charge in [0.2, 0.25) is 5.91 Å². The largest absolute Gasteiger partial charge is 0.370 e. The summed E-state index contributed by atoms with van der Waals surface area (Å²) in [5.41, 5.74) is 6.36. The molecule has 5 nitrogen and oxygen atoms in total. The number of hydrogen-bond acceptors (Lipinski definition) is 3. The third kappa shape index (κ3) is 2.96. The Morgan fingerprint density at radius 1 is 1.55 bits per heavy atom. The predicted octanol–water partition coefficient (Wildman–Crippen LogP) is 2.59. The van der Waals surface area contributed by atoms with Crippen molar-refractivity contribution in [2.24, 2.45) is 5.73 Å². The summed E-state index contributed by atoms with van der Waals surface area (Å²) < 4.78 is 2.82. The van der Waals surface area contributed by atoms with E-state index < -0.39 is 5.54 Å². The third-order valence-corrected chi connectivity index (χ3v) is 3.69. The van der Waals surface area contributed by atoms with E-state index in [0.29, 0.717) is 12.3 Å². The van der Waals surface area contributed by atoms with Crippen molar-refractivity contribution in [3.05, 3.63) is 22.6 Å². The molecular formula is C13H16BrClN4O. The van der Waals surface area contributed by atoms with Crippen molar-refractivity contribution in [1.82, 2.24) is 14.5 Å². The first-order valence-corrected chi connectivity index (χ1v) is 7.55. The van der Waals surface area contributed by atoms with Crippen molar-refractivity contribution in [2.75, 3.05) is 5.88 Å². The maximum atomic E-state index is 11.3. The lowest BCUT2D eigenvalue weighted by atomic mass is 9.99. The number of alkyl halides is 1. The molecule has 2 aromatic heterocycles. The lowest BCUT2D eigenvalue weighted by Gasteiger charge is -2.27. The lowest BCUT2D eigenvalue weighted by Crippen LogP contribution is -2.33. The molecule has 0 saturated heterocycles. The third-order valence-electron chi connectivity index (χ3n) is 3.06. The molecular weight excluding hydrogens is 344 g/mol. The molecule has 0 aliphatic carbocycles. The molecule has 0 aromatic carbocycles. The molecule has 2 aromatic rings. The van der Waals surface area contributed by atoms with Gasteiger partial charge in [0.1, 0.15) is 11.3 Å². The van der Waals surface area contributed by atoms with Crippen LogP contribution < -0.4 is 5.73 Å². The van der Waals surface area contributed by atoms with Crippen molar-refractivity contribution in [3.63, 3.8) is 0 Å². The van der Waals surface area contributed by atoms with Crippen LogP contribution in [0.25, 0.3) is 11.2 Å². The van der Waals surface area contributed by atoms with Gasteiger partial charge in [0.15, 0.2) is 5.65 Å². The maximum Gasteiger partial charge on any atom is 0.219 e. The molecule has 0 radical (unpaired) electrons. The fraction of sp³-hybridized carbons (Fsp3) is 0.462. The SMILES string of the molecule is CC(C)(CC(N)=O)n1c(CCCl)nc2cc(Br)cnc21. The monoisotopic (exact) mass is 358 g/mol. The van der Waals surface area contributed by atoms with E-state index in [-0.39, 0.29) is 12.3 Å². The molecule has 2 rings (SSSR count). The minimum Gasteiger partial charge on any atom is -0.370 e. The number of hydrogen-bond donors (Lipinski definition) is 1. The van der Waals surface area contributed by atoms with Gasteiger partial charge in [-0.3, -0.25) is 4.79 Å². The molecule has 108 valence electrons. The molecule has 0 saturated carbocycles. The van der Waals surface area contributed by atoms with Crippen molar-refractivity contribution in [1.29, 1.82) is 0 Å². The van der Waals surface area contributed by atoms with Gasteiger partial charge in [0, 0.05) is 29.4 Å². The van der Waals surface area contributed by atoms with Crippen LogP contribution in [0.4, 0.5) is 0 Å². The van der Waals surface area contributed by atoms with Gasteiger partial charge in [-0.2, -0.15) is 0 Å². The first-order valence-electron chi connectivity index (χ1n) is 6.23. The second-order valence-corrected chi connectivity index (χ2v) is 6.55. The van der Waals surface area contributed by atoms with Crippen LogP contribution in [0.3, 0.4) is 0 Å². The summed E-state index contributed by atoms with van der Waals surface area (Å²) in [6, 6.07) is 1.90. The first-order chi connectivity index (χ1) is 9.35. The van der Waals surface area contributed by atoms with Crippen molar-refractivity contribution in [3.8, 4) is 0 Å². The number of pyridine rings is 1. The first kappa shape index (κ1) is 15.3. The fourth-order valence-corrected chi connectivity index (χ4v) is 2.87. The highest BCUT2D eigenvalue weighted by molar-refractivity contribution is 9.10. The number of primary amides is 1. The highest BCUT2D eigenvalue weighted by atomic mass is 79.9. The molecule has 20 heavy (non-hydrogen) atoms. The van der Waals surface area contributed by atoms with Crippen LogP contribution in [0.1, 0.15) is 26.1 Å². The zero-order chi connectivity index (χ0) is 14.9. The van der Waals surface area contributed by atoms with E-state index >= 15 is 0 Å². The number of amides is 1. The normalized spacial score (nSPS) is 12.0. The van der Waals surface area contributed by atoms with E-state index in [1.54, 1.807) is 6.20 Å². The summed E-state index contributed by atoms with van der Waals surface area (Å²) in [6.07, 6.45) is 2.54. The minimum atomic E-state index is -0.497. The zero-order valence-corrected chi connectivity index (χ0v) is 13.7. The van der Waals surface area contributed by atoms with E-state index in [1.807, 2.05) is 24.5 Å². The topological polar surface area (TPSA) is 73.8 Å². The Hall–Kier alpha value is -1.14. The molecule has 7 heteroatoms. The van der Waals surface area contributed by atoms with Crippen LogP contribution in [0.15, 0.2) is 16.7 Å². The van der Waals surface area contributed by atoms with Gasteiger partial charge in [-0.1, -0.05) is 0 Å². The van der Waals surface area contributed by atoms with E-state index in [9.17, 15) is 4.79 Å². The number of nitrogens with two attached hydrogens (primary N) is 1. The number of halogens is 2. The van der Waals surface area contributed by atoms with E-state index in [4.69, 9.17) is 17.3 Å². The molecule has 2 heterocycles. The second-order valence-electron chi connectivity index (χ2n) is 5.25. The van der Waals surface area contributed by atoms with Gasteiger partial charge in [-0.05, 0) is 35.8 Å². The van der Waals surface area contributed by atoms with Crippen molar-refractivity contribution in [2.45, 2.75) is 32.2 Å². The van der Waals surface area contributed by atoms with Crippen LogP contribution in [0, 0.1) is 0 Å². The summed E-state index contributed by atoms with van der Waals surface area (Å²) >= 11 is 9.23. The standard InChI is InChI=1S/C13H16BrClN4O/c1-13(2,6-10(16)20)19-11(3-4-15)18-9-5-8(14)7-17-12(9)19/h5,7H,3-4,6H2,1-2H3,(H2,16,20). The minimum absolute atomic E-state index is 0.214. The zero-order valence-electron chi connectivity index (χ0n) is 11.4.